The number of ether oxygens (including phenoxy) is 3. The summed E-state index contributed by atoms with van der Waals surface area (Å²) in [5, 5.41) is 0. The molecule has 0 bridgehead atoms. The van der Waals surface area contributed by atoms with E-state index in [1.807, 2.05) is 36.1 Å². The zero-order chi connectivity index (χ0) is 20.2. The Morgan fingerprint density at radius 2 is 1.68 bits per heavy atom. The van der Waals surface area contributed by atoms with Crippen LogP contribution in [-0.2, 0) is 19.1 Å². The molecule has 0 aromatic heterocycles. The maximum atomic E-state index is 12.5. The van der Waals surface area contributed by atoms with Gasteiger partial charge in [0.1, 0.15) is 12.4 Å². The van der Waals surface area contributed by atoms with Crippen LogP contribution in [0.2, 0.25) is 0 Å². The van der Waals surface area contributed by atoms with E-state index >= 15 is 0 Å². The zero-order valence-corrected chi connectivity index (χ0v) is 17.0. The van der Waals surface area contributed by atoms with Crippen LogP contribution in [0.1, 0.15) is 24.8 Å². The summed E-state index contributed by atoms with van der Waals surface area (Å²) in [6.45, 7) is 5.95. The Kier molecular flexibility index (Phi) is 9.79. The largest absolute Gasteiger partial charge is 0.493 e. The molecule has 1 aliphatic rings. The zero-order valence-electron chi connectivity index (χ0n) is 17.0. The van der Waals surface area contributed by atoms with Gasteiger partial charge in [0.05, 0.1) is 19.8 Å². The number of methoxy groups -OCH3 is 1. The van der Waals surface area contributed by atoms with E-state index in [-0.39, 0.29) is 18.4 Å². The second-order valence-electron chi connectivity index (χ2n) is 6.88. The van der Waals surface area contributed by atoms with Crippen molar-refractivity contribution in [3.8, 4) is 5.75 Å². The molecule has 2 amide bonds. The lowest BCUT2D eigenvalue weighted by Gasteiger charge is -2.22. The van der Waals surface area contributed by atoms with Crippen molar-refractivity contribution in [1.82, 2.24) is 9.80 Å². The maximum absolute atomic E-state index is 12.5. The molecule has 0 unspecified atom stereocenters. The van der Waals surface area contributed by atoms with Crippen molar-refractivity contribution in [2.24, 2.45) is 0 Å². The van der Waals surface area contributed by atoms with Crippen molar-refractivity contribution in [2.75, 3.05) is 59.7 Å². The van der Waals surface area contributed by atoms with Gasteiger partial charge in [0.25, 0.3) is 0 Å². The van der Waals surface area contributed by atoms with Crippen LogP contribution >= 0.6 is 0 Å². The topological polar surface area (TPSA) is 68.3 Å². The summed E-state index contributed by atoms with van der Waals surface area (Å²) in [7, 11) is 1.60. The molecule has 0 spiro atoms. The van der Waals surface area contributed by atoms with Gasteiger partial charge in [-0.05, 0) is 31.4 Å². The van der Waals surface area contributed by atoms with Crippen molar-refractivity contribution in [1.29, 1.82) is 0 Å². The maximum Gasteiger partial charge on any atom is 0.248 e. The van der Waals surface area contributed by atoms with Gasteiger partial charge in [-0.2, -0.15) is 0 Å². The van der Waals surface area contributed by atoms with E-state index < -0.39 is 0 Å². The van der Waals surface area contributed by atoms with Crippen LogP contribution in [0.3, 0.4) is 0 Å². The normalized spacial score (nSPS) is 14.6. The molecule has 28 heavy (non-hydrogen) atoms. The summed E-state index contributed by atoms with van der Waals surface area (Å²) >= 11 is 0. The third kappa shape index (κ3) is 7.48. The molecule has 1 aromatic carbocycles. The first-order valence-corrected chi connectivity index (χ1v) is 9.92. The number of amides is 2. The summed E-state index contributed by atoms with van der Waals surface area (Å²) in [6.07, 6.45) is 1.93. The number of rotatable bonds is 10. The Hall–Kier alpha value is -2.12. The first-order valence-electron chi connectivity index (χ1n) is 9.92. The number of benzene rings is 1. The monoisotopic (exact) mass is 392 g/mol. The van der Waals surface area contributed by atoms with Crippen molar-refractivity contribution >= 4 is 11.8 Å². The van der Waals surface area contributed by atoms with E-state index in [0.717, 1.165) is 17.7 Å². The fourth-order valence-corrected chi connectivity index (χ4v) is 3.09. The Morgan fingerprint density at radius 3 is 2.39 bits per heavy atom. The highest BCUT2D eigenvalue weighted by atomic mass is 16.5. The lowest BCUT2D eigenvalue weighted by Crippen LogP contribution is -2.39. The fourth-order valence-electron chi connectivity index (χ4n) is 3.09. The summed E-state index contributed by atoms with van der Waals surface area (Å²) in [4.78, 5) is 28.3. The van der Waals surface area contributed by atoms with Crippen LogP contribution in [0.25, 0.3) is 0 Å². The number of carbonyl (C=O) groups excluding carboxylic acids is 2. The van der Waals surface area contributed by atoms with E-state index in [4.69, 9.17) is 14.2 Å². The molecule has 0 atom stereocenters. The van der Waals surface area contributed by atoms with E-state index in [2.05, 4.69) is 0 Å². The van der Waals surface area contributed by atoms with Gasteiger partial charge in [-0.15, -0.1) is 0 Å². The number of carbonyl (C=O) groups is 2. The highest BCUT2D eigenvalue weighted by molar-refractivity contribution is 5.78. The van der Waals surface area contributed by atoms with Gasteiger partial charge in [-0.25, -0.2) is 0 Å². The Bertz CT molecular complexity index is 623. The molecule has 2 rings (SSSR count). The summed E-state index contributed by atoms with van der Waals surface area (Å²) in [5.41, 5.74) is 1.09. The number of aryl methyl sites for hydroxylation is 1. The Balaban J connectivity index is 1.66. The molecule has 1 saturated heterocycles. The minimum atomic E-state index is -0.0305. The van der Waals surface area contributed by atoms with Crippen LogP contribution in [0.5, 0.6) is 5.75 Å². The lowest BCUT2D eigenvalue weighted by molar-refractivity contribution is -0.137. The van der Waals surface area contributed by atoms with Crippen LogP contribution in [0.4, 0.5) is 0 Å². The van der Waals surface area contributed by atoms with Crippen LogP contribution in [-0.4, -0.2) is 81.3 Å². The third-order valence-electron chi connectivity index (χ3n) is 4.74. The molecule has 1 fully saturated rings. The molecule has 0 aliphatic carbocycles. The van der Waals surface area contributed by atoms with Gasteiger partial charge in [0.15, 0.2) is 0 Å². The number of nitrogens with zero attached hydrogens (tertiary/aromatic N) is 2. The van der Waals surface area contributed by atoms with E-state index in [0.29, 0.717) is 58.8 Å². The highest BCUT2D eigenvalue weighted by Gasteiger charge is 2.21. The SMILES string of the molecule is COCCOCC(=O)N1CCCN(C(=O)CCCOc2ccccc2C)CC1. The van der Waals surface area contributed by atoms with Crippen molar-refractivity contribution in [2.45, 2.75) is 26.2 Å². The van der Waals surface area contributed by atoms with Crippen molar-refractivity contribution < 1.29 is 23.8 Å². The molecule has 1 heterocycles. The quantitative estimate of drug-likeness (QED) is 0.569. The van der Waals surface area contributed by atoms with Gasteiger partial charge in [0, 0.05) is 39.7 Å². The predicted molar refractivity (Wildman–Crippen MR) is 106 cm³/mol. The molecule has 156 valence electrons. The van der Waals surface area contributed by atoms with Crippen molar-refractivity contribution in [3.05, 3.63) is 29.8 Å². The van der Waals surface area contributed by atoms with Crippen LogP contribution < -0.4 is 4.74 Å². The average Bonchev–Trinajstić information content (AvgIpc) is 2.96. The first kappa shape index (κ1) is 22.2. The van der Waals surface area contributed by atoms with Gasteiger partial charge >= 0.3 is 0 Å². The smallest absolute Gasteiger partial charge is 0.248 e. The van der Waals surface area contributed by atoms with Gasteiger partial charge in [-0.1, -0.05) is 18.2 Å². The summed E-state index contributed by atoms with van der Waals surface area (Å²) < 4.78 is 16.0. The molecule has 7 nitrogen and oxygen atoms in total. The second kappa shape index (κ2) is 12.4. The molecular formula is C21H32N2O5. The van der Waals surface area contributed by atoms with E-state index in [1.54, 1.807) is 12.0 Å². The molecule has 0 radical (unpaired) electrons. The summed E-state index contributed by atoms with van der Waals surface area (Å²) in [6, 6.07) is 7.87. The predicted octanol–water partition coefficient (Wildman–Crippen LogP) is 1.88. The molecule has 7 heteroatoms. The Labute approximate surface area is 167 Å². The molecule has 1 aliphatic heterocycles. The van der Waals surface area contributed by atoms with Crippen molar-refractivity contribution in [3.63, 3.8) is 0 Å². The van der Waals surface area contributed by atoms with Crippen LogP contribution in [0, 0.1) is 6.92 Å². The second-order valence-corrected chi connectivity index (χ2v) is 6.88. The lowest BCUT2D eigenvalue weighted by atomic mass is 10.2. The number of hydrogen-bond donors (Lipinski definition) is 0. The molecule has 0 N–H and O–H groups in total. The first-order chi connectivity index (χ1) is 13.6. The number of hydrogen-bond acceptors (Lipinski definition) is 5. The average molecular weight is 392 g/mol. The van der Waals surface area contributed by atoms with Gasteiger partial charge in [-0.3, -0.25) is 9.59 Å². The number of para-hydroxylation sites is 1. The third-order valence-corrected chi connectivity index (χ3v) is 4.74. The van der Waals surface area contributed by atoms with Gasteiger partial charge in [0.2, 0.25) is 11.8 Å². The molecular weight excluding hydrogens is 360 g/mol. The fraction of sp³-hybridized carbons (Fsp3) is 0.619. The van der Waals surface area contributed by atoms with Gasteiger partial charge < -0.3 is 24.0 Å². The van der Waals surface area contributed by atoms with E-state index in [9.17, 15) is 9.59 Å². The molecule has 1 aromatic rings. The van der Waals surface area contributed by atoms with E-state index in [1.165, 1.54) is 0 Å². The highest BCUT2D eigenvalue weighted by Crippen LogP contribution is 2.16. The summed E-state index contributed by atoms with van der Waals surface area (Å²) in [5.74, 6) is 0.961. The minimum Gasteiger partial charge on any atom is -0.493 e. The standard InChI is InChI=1S/C21H32N2O5/c1-18-7-3-4-8-19(18)28-14-5-9-20(24)22-10-6-11-23(13-12-22)21(25)17-27-16-15-26-2/h3-4,7-8H,5-6,9-17H2,1-2H3. The molecule has 0 saturated carbocycles. The Morgan fingerprint density at radius 1 is 0.964 bits per heavy atom. The minimum absolute atomic E-state index is 0.0305. The van der Waals surface area contributed by atoms with Crippen LogP contribution in [0.15, 0.2) is 24.3 Å².